The largest absolute Gasteiger partial charge is 0.298 e. The van der Waals surface area contributed by atoms with Crippen molar-refractivity contribution < 1.29 is 4.79 Å². The smallest absolute Gasteiger partial charge is 0.150 e. The summed E-state index contributed by atoms with van der Waals surface area (Å²) in [4.78, 5) is 10.1. The second kappa shape index (κ2) is 6.10. The number of benzene rings is 1. The fraction of sp³-hybridized carbons (Fsp3) is 0.222. The first-order valence-electron chi connectivity index (χ1n) is 3.53. The maximum atomic E-state index is 10.1. The minimum atomic E-state index is 0.707. The Morgan fingerprint density at radius 3 is 2.00 bits per heavy atom. The molecule has 0 aliphatic carbocycles. The lowest BCUT2D eigenvalue weighted by atomic mass is 10.2. The number of halogens is 1. The number of aldehydes is 1. The van der Waals surface area contributed by atoms with Gasteiger partial charge in [0.15, 0.2) is 0 Å². The molecule has 1 aromatic carbocycles. The van der Waals surface area contributed by atoms with Crippen LogP contribution in [-0.4, -0.2) is 6.29 Å². The van der Waals surface area contributed by atoms with E-state index in [0.29, 0.717) is 5.56 Å². The molecule has 2 heteroatoms. The van der Waals surface area contributed by atoms with Crippen molar-refractivity contribution in [3.8, 4) is 0 Å². The Kier molecular flexibility index (Phi) is 5.75. The van der Waals surface area contributed by atoms with Gasteiger partial charge in [-0.25, -0.2) is 0 Å². The van der Waals surface area contributed by atoms with E-state index in [0.717, 1.165) is 10.8 Å². The van der Waals surface area contributed by atoms with Crippen molar-refractivity contribution in [3.63, 3.8) is 0 Å². The molecule has 1 nitrogen and oxygen atoms in total. The van der Waals surface area contributed by atoms with Crippen LogP contribution in [0.15, 0.2) is 28.7 Å². The van der Waals surface area contributed by atoms with Crippen LogP contribution in [-0.2, 0) is 0 Å². The highest BCUT2D eigenvalue weighted by molar-refractivity contribution is 9.10. The van der Waals surface area contributed by atoms with Crippen LogP contribution in [0.1, 0.15) is 24.2 Å². The lowest BCUT2D eigenvalue weighted by Crippen LogP contribution is -1.75. The highest BCUT2D eigenvalue weighted by Gasteiger charge is 1.86. The molecule has 1 rings (SSSR count). The van der Waals surface area contributed by atoms with E-state index in [-0.39, 0.29) is 0 Å². The van der Waals surface area contributed by atoms with E-state index in [1.807, 2.05) is 26.0 Å². The topological polar surface area (TPSA) is 17.1 Å². The van der Waals surface area contributed by atoms with Crippen LogP contribution in [0, 0.1) is 0 Å². The second-order valence-corrected chi connectivity index (χ2v) is 2.59. The maximum Gasteiger partial charge on any atom is 0.150 e. The summed E-state index contributed by atoms with van der Waals surface area (Å²) in [6.07, 6.45) is 0.826. The van der Waals surface area contributed by atoms with Gasteiger partial charge in [0, 0.05) is 10.0 Å². The predicted octanol–water partition coefficient (Wildman–Crippen LogP) is 3.29. The molecule has 0 spiro atoms. The zero-order valence-electron chi connectivity index (χ0n) is 6.67. The number of rotatable bonds is 1. The van der Waals surface area contributed by atoms with Crippen molar-refractivity contribution >= 4 is 22.2 Å². The molecule has 11 heavy (non-hydrogen) atoms. The minimum absolute atomic E-state index is 0.707. The van der Waals surface area contributed by atoms with Gasteiger partial charge in [0.2, 0.25) is 0 Å². The number of carbonyl (C=O) groups excluding carboxylic acids is 1. The van der Waals surface area contributed by atoms with Crippen molar-refractivity contribution in [2.24, 2.45) is 0 Å². The van der Waals surface area contributed by atoms with Gasteiger partial charge in [-0.3, -0.25) is 4.79 Å². The molecule has 0 aromatic heterocycles. The van der Waals surface area contributed by atoms with E-state index in [4.69, 9.17) is 0 Å². The molecule has 0 heterocycles. The molecule has 0 fully saturated rings. The second-order valence-electron chi connectivity index (χ2n) is 1.67. The predicted molar refractivity (Wildman–Crippen MR) is 50.9 cm³/mol. The Labute approximate surface area is 75.6 Å². The van der Waals surface area contributed by atoms with Crippen molar-refractivity contribution in [1.29, 1.82) is 0 Å². The molecular weight excluding hydrogens is 204 g/mol. The van der Waals surface area contributed by atoms with Gasteiger partial charge in [-0.15, -0.1) is 0 Å². The van der Waals surface area contributed by atoms with E-state index in [2.05, 4.69) is 15.9 Å². The Bertz CT molecular complexity index is 203. The van der Waals surface area contributed by atoms with Crippen molar-refractivity contribution in [2.45, 2.75) is 13.8 Å². The third kappa shape index (κ3) is 3.94. The van der Waals surface area contributed by atoms with Gasteiger partial charge < -0.3 is 0 Å². The average molecular weight is 215 g/mol. The lowest BCUT2D eigenvalue weighted by molar-refractivity contribution is 0.112. The highest BCUT2D eigenvalue weighted by Crippen LogP contribution is 2.08. The third-order valence-corrected chi connectivity index (χ3v) is 1.53. The van der Waals surface area contributed by atoms with Gasteiger partial charge in [0.1, 0.15) is 6.29 Å². The Morgan fingerprint density at radius 1 is 1.18 bits per heavy atom. The van der Waals surface area contributed by atoms with Crippen LogP contribution in [0.5, 0.6) is 0 Å². The zero-order chi connectivity index (χ0) is 8.69. The molecule has 0 unspecified atom stereocenters. The maximum absolute atomic E-state index is 10.1. The molecule has 60 valence electrons. The summed E-state index contributed by atoms with van der Waals surface area (Å²) < 4.78 is 0.994. The first-order valence-corrected chi connectivity index (χ1v) is 4.33. The van der Waals surface area contributed by atoms with Gasteiger partial charge in [-0.05, 0) is 12.1 Å². The molecule has 0 aliphatic rings. The van der Waals surface area contributed by atoms with Gasteiger partial charge >= 0.3 is 0 Å². The van der Waals surface area contributed by atoms with Crippen LogP contribution < -0.4 is 0 Å². The van der Waals surface area contributed by atoms with Gasteiger partial charge in [0.25, 0.3) is 0 Å². The summed E-state index contributed by atoms with van der Waals surface area (Å²) in [6, 6.07) is 7.20. The minimum Gasteiger partial charge on any atom is -0.298 e. The summed E-state index contributed by atoms with van der Waals surface area (Å²) >= 11 is 3.26. The number of carbonyl (C=O) groups is 1. The normalized spacial score (nSPS) is 7.91. The quantitative estimate of drug-likeness (QED) is 0.657. The van der Waals surface area contributed by atoms with E-state index in [1.165, 1.54) is 0 Å². The molecule has 0 bridgehead atoms. The first-order chi connectivity index (χ1) is 5.33. The average Bonchev–Trinajstić information content (AvgIpc) is 2.10. The molecule has 1 aromatic rings. The Balaban J connectivity index is 0.000000461. The summed E-state index contributed by atoms with van der Waals surface area (Å²) in [5.74, 6) is 0. The Hall–Kier alpha value is -0.630. The van der Waals surface area contributed by atoms with E-state index >= 15 is 0 Å². The molecule has 0 amide bonds. The summed E-state index contributed by atoms with van der Waals surface area (Å²) in [5.41, 5.74) is 0.707. The molecule has 0 N–H and O–H groups in total. The summed E-state index contributed by atoms with van der Waals surface area (Å²) in [7, 11) is 0. The number of hydrogen-bond acceptors (Lipinski definition) is 1. The van der Waals surface area contributed by atoms with E-state index in [1.54, 1.807) is 12.1 Å². The zero-order valence-corrected chi connectivity index (χ0v) is 8.26. The van der Waals surface area contributed by atoms with Crippen LogP contribution in [0.4, 0.5) is 0 Å². The third-order valence-electron chi connectivity index (χ3n) is 1.01. The molecule has 0 atom stereocenters. The highest BCUT2D eigenvalue weighted by atomic mass is 79.9. The SMILES string of the molecule is CC.O=Cc1ccc(Br)cc1. The molecule has 0 radical (unpaired) electrons. The fourth-order valence-corrected chi connectivity index (χ4v) is 0.806. The Morgan fingerprint density at radius 2 is 1.64 bits per heavy atom. The summed E-state index contributed by atoms with van der Waals surface area (Å²) in [5, 5.41) is 0. The van der Waals surface area contributed by atoms with E-state index in [9.17, 15) is 4.79 Å². The van der Waals surface area contributed by atoms with Crippen molar-refractivity contribution in [3.05, 3.63) is 34.3 Å². The summed E-state index contributed by atoms with van der Waals surface area (Å²) in [6.45, 7) is 4.00. The fourth-order valence-electron chi connectivity index (χ4n) is 0.541. The molecule has 0 saturated heterocycles. The lowest BCUT2D eigenvalue weighted by Gasteiger charge is -1.87. The first kappa shape index (κ1) is 10.4. The van der Waals surface area contributed by atoms with Crippen LogP contribution in [0.2, 0.25) is 0 Å². The van der Waals surface area contributed by atoms with Crippen LogP contribution in [0.25, 0.3) is 0 Å². The van der Waals surface area contributed by atoms with E-state index < -0.39 is 0 Å². The number of hydrogen-bond donors (Lipinski definition) is 0. The standard InChI is InChI=1S/C7H5BrO.C2H6/c8-7-3-1-6(5-9)2-4-7;1-2/h1-5H;1-2H3. The van der Waals surface area contributed by atoms with Crippen LogP contribution >= 0.6 is 15.9 Å². The van der Waals surface area contributed by atoms with Crippen LogP contribution in [0.3, 0.4) is 0 Å². The molecule has 0 aliphatic heterocycles. The van der Waals surface area contributed by atoms with Gasteiger partial charge in [-0.1, -0.05) is 41.9 Å². The van der Waals surface area contributed by atoms with Gasteiger partial charge in [-0.2, -0.15) is 0 Å². The molecular formula is C9H11BrO. The monoisotopic (exact) mass is 214 g/mol. The van der Waals surface area contributed by atoms with Crippen molar-refractivity contribution in [1.82, 2.24) is 0 Å². The van der Waals surface area contributed by atoms with Crippen molar-refractivity contribution in [2.75, 3.05) is 0 Å². The molecule has 0 saturated carbocycles. The van der Waals surface area contributed by atoms with Gasteiger partial charge in [0.05, 0.1) is 0 Å².